The van der Waals surface area contributed by atoms with Crippen LogP contribution in [0.1, 0.15) is 23.1 Å². The molecule has 1 aliphatic rings. The molecule has 2 N–H and O–H groups in total. The first-order chi connectivity index (χ1) is 12.9. The normalized spacial score (nSPS) is 16.4. The van der Waals surface area contributed by atoms with Crippen LogP contribution in [0.25, 0.3) is 0 Å². The Morgan fingerprint density at radius 3 is 2.59 bits per heavy atom. The van der Waals surface area contributed by atoms with Crippen LogP contribution in [0.2, 0.25) is 0 Å². The molecule has 0 spiro atoms. The minimum Gasteiger partial charge on any atom is -0.326 e. The first-order valence-electron chi connectivity index (χ1n) is 8.97. The van der Waals surface area contributed by atoms with Crippen molar-refractivity contribution < 1.29 is 14.4 Å². The lowest BCUT2D eigenvalue weighted by Crippen LogP contribution is -2.38. The van der Waals surface area contributed by atoms with Gasteiger partial charge < -0.3 is 10.6 Å². The van der Waals surface area contributed by atoms with E-state index in [9.17, 15) is 14.4 Å². The molecule has 1 aliphatic heterocycles. The third kappa shape index (κ3) is 4.53. The number of nitrogens with zero attached hydrogens (tertiary/aromatic N) is 1. The van der Waals surface area contributed by atoms with E-state index in [1.54, 1.807) is 0 Å². The zero-order chi connectivity index (χ0) is 19.4. The largest absolute Gasteiger partial charge is 0.326 e. The summed E-state index contributed by atoms with van der Waals surface area (Å²) in [7, 11) is 0. The minimum atomic E-state index is -0.591. The summed E-state index contributed by atoms with van der Waals surface area (Å²) in [6.07, 6.45) is 1.18. The number of rotatable bonds is 6. The Bertz CT molecular complexity index is 864. The number of imide groups is 1. The van der Waals surface area contributed by atoms with E-state index in [0.29, 0.717) is 18.5 Å². The summed E-state index contributed by atoms with van der Waals surface area (Å²) in [4.78, 5) is 37.9. The van der Waals surface area contributed by atoms with Gasteiger partial charge in [0.15, 0.2) is 0 Å². The average Bonchev–Trinajstić information content (AvgIpc) is 2.91. The van der Waals surface area contributed by atoms with Gasteiger partial charge in [-0.2, -0.15) is 0 Å². The van der Waals surface area contributed by atoms with Crippen molar-refractivity contribution in [2.24, 2.45) is 0 Å². The number of hydrogen-bond acceptors (Lipinski definition) is 3. The number of carbonyl (C=O) groups excluding carboxylic acids is 3. The minimum absolute atomic E-state index is 0.292. The molecule has 0 aliphatic carbocycles. The zero-order valence-electron chi connectivity index (χ0n) is 15.5. The quantitative estimate of drug-likeness (QED) is 0.773. The Morgan fingerprint density at radius 1 is 1.11 bits per heavy atom. The van der Waals surface area contributed by atoms with E-state index < -0.39 is 18.0 Å². The molecule has 6 heteroatoms. The predicted molar refractivity (Wildman–Crippen MR) is 103 cm³/mol. The standard InChI is InChI=1S/C21H23N3O3/c1-14-8-9-15(2)18(12-14)22-19(25)13-24-20(26)17(23-21(24)27)11-10-16-6-4-3-5-7-16/h3-9,12,17H,10-11,13H2,1-2H3,(H,22,25)(H,23,27)/t17-/m1/s1. The molecule has 140 valence electrons. The molecular formula is C21H23N3O3. The first kappa shape index (κ1) is 18.6. The highest BCUT2D eigenvalue weighted by molar-refractivity contribution is 6.08. The molecule has 6 nitrogen and oxygen atoms in total. The van der Waals surface area contributed by atoms with Crippen molar-refractivity contribution in [3.63, 3.8) is 0 Å². The molecule has 2 aromatic rings. The van der Waals surface area contributed by atoms with Crippen molar-refractivity contribution in [3.8, 4) is 0 Å². The number of carbonyl (C=O) groups is 3. The number of aryl methyl sites for hydroxylation is 3. The second kappa shape index (κ2) is 8.03. The second-order valence-electron chi connectivity index (χ2n) is 6.82. The van der Waals surface area contributed by atoms with E-state index in [4.69, 9.17) is 0 Å². The average molecular weight is 365 g/mol. The van der Waals surface area contributed by atoms with E-state index >= 15 is 0 Å². The van der Waals surface area contributed by atoms with Crippen LogP contribution in [-0.2, 0) is 16.0 Å². The maximum atomic E-state index is 12.5. The maximum absolute atomic E-state index is 12.5. The summed E-state index contributed by atoms with van der Waals surface area (Å²) in [5.74, 6) is -0.747. The molecule has 0 aromatic heterocycles. The summed E-state index contributed by atoms with van der Waals surface area (Å²) < 4.78 is 0. The molecule has 2 aromatic carbocycles. The van der Waals surface area contributed by atoms with Gasteiger partial charge in [0.05, 0.1) is 0 Å². The Labute approximate surface area is 158 Å². The van der Waals surface area contributed by atoms with Crippen molar-refractivity contribution in [3.05, 3.63) is 65.2 Å². The Balaban J connectivity index is 1.58. The number of urea groups is 1. The topological polar surface area (TPSA) is 78.5 Å². The van der Waals surface area contributed by atoms with Crippen molar-refractivity contribution in [1.82, 2.24) is 10.2 Å². The summed E-state index contributed by atoms with van der Waals surface area (Å²) in [6.45, 7) is 3.53. The summed E-state index contributed by atoms with van der Waals surface area (Å²) in [6, 6.07) is 14.4. The van der Waals surface area contributed by atoms with E-state index in [1.165, 1.54) is 0 Å². The lowest BCUT2D eigenvalue weighted by molar-refractivity contribution is -0.130. The van der Waals surface area contributed by atoms with Gasteiger partial charge in [-0.1, -0.05) is 42.5 Å². The molecule has 3 rings (SSSR count). The third-order valence-electron chi connectivity index (χ3n) is 4.64. The van der Waals surface area contributed by atoms with Gasteiger partial charge in [0.2, 0.25) is 5.91 Å². The first-order valence-corrected chi connectivity index (χ1v) is 8.97. The van der Waals surface area contributed by atoms with Gasteiger partial charge in [-0.3, -0.25) is 14.5 Å². The molecule has 1 heterocycles. The molecule has 0 bridgehead atoms. The van der Waals surface area contributed by atoms with Crippen LogP contribution < -0.4 is 10.6 Å². The van der Waals surface area contributed by atoms with Crippen molar-refractivity contribution in [2.75, 3.05) is 11.9 Å². The molecule has 1 atom stereocenters. The predicted octanol–water partition coefficient (Wildman–Crippen LogP) is 2.80. The zero-order valence-corrected chi connectivity index (χ0v) is 15.5. The molecule has 0 radical (unpaired) electrons. The van der Waals surface area contributed by atoms with E-state index in [1.807, 2.05) is 62.4 Å². The van der Waals surface area contributed by atoms with Gasteiger partial charge >= 0.3 is 6.03 Å². The number of hydrogen-bond donors (Lipinski definition) is 2. The van der Waals surface area contributed by atoms with Crippen LogP contribution in [0.3, 0.4) is 0 Å². The Kier molecular flexibility index (Phi) is 5.54. The van der Waals surface area contributed by atoms with Crippen LogP contribution >= 0.6 is 0 Å². The van der Waals surface area contributed by atoms with Crippen molar-refractivity contribution in [2.45, 2.75) is 32.7 Å². The highest BCUT2D eigenvalue weighted by Gasteiger charge is 2.38. The van der Waals surface area contributed by atoms with Crippen LogP contribution in [0.5, 0.6) is 0 Å². The molecular weight excluding hydrogens is 342 g/mol. The SMILES string of the molecule is Cc1ccc(C)c(NC(=O)CN2C(=O)N[C@H](CCc3ccccc3)C2=O)c1. The lowest BCUT2D eigenvalue weighted by atomic mass is 10.1. The smallest absolute Gasteiger partial charge is 0.325 e. The number of benzene rings is 2. The summed E-state index contributed by atoms with van der Waals surface area (Å²) in [5.41, 5.74) is 3.73. The molecule has 27 heavy (non-hydrogen) atoms. The highest BCUT2D eigenvalue weighted by atomic mass is 16.2. The lowest BCUT2D eigenvalue weighted by Gasteiger charge is -2.14. The molecule has 1 fully saturated rings. The fourth-order valence-electron chi connectivity index (χ4n) is 3.08. The van der Waals surface area contributed by atoms with Crippen LogP contribution in [0.4, 0.5) is 10.5 Å². The van der Waals surface area contributed by atoms with Gasteiger partial charge in [-0.05, 0) is 49.4 Å². The van der Waals surface area contributed by atoms with E-state index in [0.717, 1.165) is 21.6 Å². The molecule has 1 saturated heterocycles. The van der Waals surface area contributed by atoms with Crippen molar-refractivity contribution >= 4 is 23.5 Å². The monoisotopic (exact) mass is 365 g/mol. The van der Waals surface area contributed by atoms with E-state index in [-0.39, 0.29) is 12.5 Å². The summed E-state index contributed by atoms with van der Waals surface area (Å²) >= 11 is 0. The highest BCUT2D eigenvalue weighted by Crippen LogP contribution is 2.17. The molecule has 0 unspecified atom stereocenters. The molecule has 0 saturated carbocycles. The fourth-order valence-corrected chi connectivity index (χ4v) is 3.08. The van der Waals surface area contributed by atoms with Gasteiger partial charge in [0.25, 0.3) is 5.91 Å². The van der Waals surface area contributed by atoms with Crippen molar-refractivity contribution in [1.29, 1.82) is 0 Å². The maximum Gasteiger partial charge on any atom is 0.325 e. The van der Waals surface area contributed by atoms with Crippen LogP contribution in [-0.4, -0.2) is 35.3 Å². The Morgan fingerprint density at radius 2 is 1.85 bits per heavy atom. The van der Waals surface area contributed by atoms with E-state index in [2.05, 4.69) is 10.6 Å². The van der Waals surface area contributed by atoms with Gasteiger partial charge in [-0.25, -0.2) is 4.79 Å². The Hall–Kier alpha value is -3.15. The summed E-state index contributed by atoms with van der Waals surface area (Å²) in [5, 5.41) is 5.45. The van der Waals surface area contributed by atoms with Gasteiger partial charge in [0, 0.05) is 5.69 Å². The number of amides is 4. The number of anilines is 1. The number of nitrogens with one attached hydrogen (secondary N) is 2. The van der Waals surface area contributed by atoms with Gasteiger partial charge in [0.1, 0.15) is 12.6 Å². The van der Waals surface area contributed by atoms with Crippen LogP contribution in [0.15, 0.2) is 48.5 Å². The van der Waals surface area contributed by atoms with Crippen LogP contribution in [0, 0.1) is 13.8 Å². The second-order valence-corrected chi connectivity index (χ2v) is 6.82. The molecule has 4 amide bonds. The fraction of sp³-hybridized carbons (Fsp3) is 0.286. The van der Waals surface area contributed by atoms with Gasteiger partial charge in [-0.15, -0.1) is 0 Å². The third-order valence-corrected chi connectivity index (χ3v) is 4.64.